The number of ether oxygens (including phenoxy) is 3. The van der Waals surface area contributed by atoms with Crippen LogP contribution in [-0.4, -0.2) is 32.3 Å². The van der Waals surface area contributed by atoms with Crippen LogP contribution in [0.25, 0.3) is 0 Å². The van der Waals surface area contributed by atoms with Crippen LogP contribution >= 0.6 is 11.6 Å². The third kappa shape index (κ3) is 3.46. The topological polar surface area (TPSA) is 77.0 Å². The number of hydrogen-bond acceptors (Lipinski definition) is 5. The summed E-state index contributed by atoms with van der Waals surface area (Å²) in [4.78, 5) is 12.4. The third-order valence-corrected chi connectivity index (χ3v) is 3.51. The predicted molar refractivity (Wildman–Crippen MR) is 87.1 cm³/mol. The Morgan fingerprint density at radius 1 is 1.08 bits per heavy atom. The highest BCUT2D eigenvalue weighted by molar-refractivity contribution is 6.32. The summed E-state index contributed by atoms with van der Waals surface area (Å²) in [5.74, 6) is -0.958. The lowest BCUT2D eigenvalue weighted by Crippen LogP contribution is -2.13. The van der Waals surface area contributed by atoms with E-state index in [1.54, 1.807) is 0 Å². The summed E-state index contributed by atoms with van der Waals surface area (Å²) in [5, 5.41) is 11.6. The van der Waals surface area contributed by atoms with E-state index in [9.17, 15) is 14.3 Å². The van der Waals surface area contributed by atoms with Gasteiger partial charge in [0.1, 0.15) is 5.75 Å². The van der Waals surface area contributed by atoms with Gasteiger partial charge in [-0.3, -0.25) is 4.79 Å². The van der Waals surface area contributed by atoms with E-state index >= 15 is 0 Å². The molecule has 2 rings (SSSR count). The maximum atomic E-state index is 13.8. The molecule has 0 aliphatic heterocycles. The van der Waals surface area contributed by atoms with E-state index in [1.807, 2.05) is 0 Å². The molecule has 24 heavy (non-hydrogen) atoms. The zero-order chi connectivity index (χ0) is 17.9. The number of hydrogen-bond donors (Lipinski definition) is 2. The Bertz CT molecular complexity index is 756. The summed E-state index contributed by atoms with van der Waals surface area (Å²) in [6.45, 7) is 0. The van der Waals surface area contributed by atoms with Crippen molar-refractivity contribution in [2.24, 2.45) is 0 Å². The average Bonchev–Trinajstić information content (AvgIpc) is 2.57. The molecule has 0 bridgehead atoms. The molecule has 0 saturated heterocycles. The number of phenolic OH excluding ortho intramolecular Hbond substituents is 1. The highest BCUT2D eigenvalue weighted by Crippen LogP contribution is 2.38. The van der Waals surface area contributed by atoms with Crippen molar-refractivity contribution in [1.82, 2.24) is 0 Å². The van der Waals surface area contributed by atoms with E-state index in [-0.39, 0.29) is 27.8 Å². The molecule has 0 heterocycles. The van der Waals surface area contributed by atoms with Gasteiger partial charge < -0.3 is 24.6 Å². The SMILES string of the molecule is COc1cc(C(=O)Nc2cc(Cl)c(O)cc2F)cc(OC)c1OC. The zero-order valence-corrected chi connectivity index (χ0v) is 13.9. The van der Waals surface area contributed by atoms with Crippen molar-refractivity contribution in [2.45, 2.75) is 0 Å². The van der Waals surface area contributed by atoms with Crippen LogP contribution in [0.1, 0.15) is 10.4 Å². The molecule has 0 fully saturated rings. The molecule has 2 aromatic carbocycles. The van der Waals surface area contributed by atoms with Gasteiger partial charge in [0.05, 0.1) is 32.0 Å². The normalized spacial score (nSPS) is 10.2. The van der Waals surface area contributed by atoms with Gasteiger partial charge in [0.2, 0.25) is 5.75 Å². The maximum absolute atomic E-state index is 13.8. The Labute approximate surface area is 142 Å². The van der Waals surface area contributed by atoms with E-state index in [1.165, 1.54) is 33.5 Å². The van der Waals surface area contributed by atoms with Gasteiger partial charge in [0, 0.05) is 11.6 Å². The van der Waals surface area contributed by atoms with Crippen LogP contribution in [0.4, 0.5) is 10.1 Å². The minimum absolute atomic E-state index is 0.0865. The summed E-state index contributed by atoms with van der Waals surface area (Å²) < 4.78 is 29.3. The Morgan fingerprint density at radius 3 is 2.17 bits per heavy atom. The molecule has 0 spiro atoms. The van der Waals surface area contributed by atoms with Crippen molar-refractivity contribution < 1.29 is 28.5 Å². The van der Waals surface area contributed by atoms with Crippen molar-refractivity contribution in [3.05, 3.63) is 40.7 Å². The third-order valence-electron chi connectivity index (χ3n) is 3.21. The molecule has 0 aliphatic rings. The summed E-state index contributed by atoms with van der Waals surface area (Å²) >= 11 is 5.73. The number of nitrogens with one attached hydrogen (secondary N) is 1. The predicted octanol–water partition coefficient (Wildman–Crippen LogP) is 3.46. The molecule has 0 atom stereocenters. The number of aromatic hydroxyl groups is 1. The van der Waals surface area contributed by atoms with Crippen LogP contribution in [-0.2, 0) is 0 Å². The van der Waals surface area contributed by atoms with Crippen molar-refractivity contribution >= 4 is 23.2 Å². The molecule has 6 nitrogen and oxygen atoms in total. The smallest absolute Gasteiger partial charge is 0.256 e. The van der Waals surface area contributed by atoms with Crippen LogP contribution < -0.4 is 19.5 Å². The molecule has 2 aromatic rings. The minimum Gasteiger partial charge on any atom is -0.506 e. The van der Waals surface area contributed by atoms with Gasteiger partial charge in [-0.15, -0.1) is 0 Å². The van der Waals surface area contributed by atoms with Crippen molar-refractivity contribution in [3.63, 3.8) is 0 Å². The molecule has 0 aromatic heterocycles. The Hall–Kier alpha value is -2.67. The summed E-state index contributed by atoms with van der Waals surface area (Å²) in [5.41, 5.74) is -0.00958. The van der Waals surface area contributed by atoms with Gasteiger partial charge in [-0.05, 0) is 18.2 Å². The quantitative estimate of drug-likeness (QED) is 0.803. The molecule has 0 radical (unpaired) electrons. The number of methoxy groups -OCH3 is 3. The number of carbonyl (C=O) groups is 1. The molecule has 0 aliphatic carbocycles. The Kier molecular flexibility index (Phi) is 5.35. The van der Waals surface area contributed by atoms with Gasteiger partial charge in [0.15, 0.2) is 17.3 Å². The largest absolute Gasteiger partial charge is 0.506 e. The van der Waals surface area contributed by atoms with Gasteiger partial charge in [-0.2, -0.15) is 0 Å². The Balaban J connectivity index is 2.38. The fourth-order valence-corrected chi connectivity index (χ4v) is 2.20. The summed E-state index contributed by atoms with van der Waals surface area (Å²) in [6.07, 6.45) is 0. The second-order valence-corrected chi connectivity index (χ2v) is 5.06. The van der Waals surface area contributed by atoms with Crippen LogP contribution in [0.15, 0.2) is 24.3 Å². The highest BCUT2D eigenvalue weighted by Gasteiger charge is 2.18. The van der Waals surface area contributed by atoms with Crippen LogP contribution in [0.5, 0.6) is 23.0 Å². The fraction of sp³-hybridized carbons (Fsp3) is 0.188. The van der Waals surface area contributed by atoms with E-state index in [4.69, 9.17) is 25.8 Å². The van der Waals surface area contributed by atoms with Crippen molar-refractivity contribution in [3.8, 4) is 23.0 Å². The minimum atomic E-state index is -0.822. The monoisotopic (exact) mass is 355 g/mol. The van der Waals surface area contributed by atoms with E-state index < -0.39 is 17.5 Å². The first kappa shape index (κ1) is 17.7. The number of benzene rings is 2. The number of carbonyl (C=O) groups excluding carboxylic acids is 1. The first-order valence-electron chi connectivity index (χ1n) is 6.70. The molecule has 8 heteroatoms. The van der Waals surface area contributed by atoms with Gasteiger partial charge in [-0.1, -0.05) is 11.6 Å². The Morgan fingerprint density at radius 2 is 1.67 bits per heavy atom. The zero-order valence-electron chi connectivity index (χ0n) is 13.1. The molecule has 2 N–H and O–H groups in total. The molecular formula is C16H15ClFNO5. The second-order valence-electron chi connectivity index (χ2n) is 4.65. The van der Waals surface area contributed by atoms with E-state index in [0.717, 1.165) is 12.1 Å². The van der Waals surface area contributed by atoms with Gasteiger partial charge >= 0.3 is 0 Å². The molecular weight excluding hydrogens is 341 g/mol. The van der Waals surface area contributed by atoms with Crippen LogP contribution in [0.3, 0.4) is 0 Å². The lowest BCUT2D eigenvalue weighted by atomic mass is 10.1. The van der Waals surface area contributed by atoms with Gasteiger partial charge in [0.25, 0.3) is 5.91 Å². The molecule has 0 saturated carbocycles. The van der Waals surface area contributed by atoms with Crippen molar-refractivity contribution in [2.75, 3.05) is 26.6 Å². The molecule has 0 unspecified atom stereocenters. The number of anilines is 1. The first-order valence-corrected chi connectivity index (χ1v) is 7.08. The lowest BCUT2D eigenvalue weighted by Gasteiger charge is -2.14. The van der Waals surface area contributed by atoms with E-state index in [0.29, 0.717) is 5.75 Å². The van der Waals surface area contributed by atoms with Crippen LogP contribution in [0, 0.1) is 5.82 Å². The highest BCUT2D eigenvalue weighted by atomic mass is 35.5. The number of amides is 1. The maximum Gasteiger partial charge on any atom is 0.256 e. The average molecular weight is 356 g/mol. The first-order chi connectivity index (χ1) is 11.4. The number of rotatable bonds is 5. The number of phenols is 1. The standard InChI is InChI=1S/C16H15ClFNO5/c1-22-13-4-8(5-14(23-2)15(13)24-3)16(21)19-11-6-9(17)12(20)7-10(11)18/h4-7,20H,1-3H3,(H,19,21). The summed E-state index contributed by atoms with van der Waals surface area (Å²) in [7, 11) is 4.27. The molecule has 128 valence electrons. The fourth-order valence-electron chi connectivity index (χ4n) is 2.04. The number of halogens is 2. The lowest BCUT2D eigenvalue weighted by molar-refractivity contribution is 0.102. The van der Waals surface area contributed by atoms with Crippen molar-refractivity contribution in [1.29, 1.82) is 0 Å². The molecule has 1 amide bonds. The van der Waals surface area contributed by atoms with Gasteiger partial charge in [-0.25, -0.2) is 4.39 Å². The van der Waals surface area contributed by atoms with E-state index in [2.05, 4.69) is 5.32 Å². The second kappa shape index (κ2) is 7.27. The summed E-state index contributed by atoms with van der Waals surface area (Å²) in [6, 6.07) is 4.78. The van der Waals surface area contributed by atoms with Crippen LogP contribution in [0.2, 0.25) is 5.02 Å².